The van der Waals surface area contributed by atoms with Crippen LogP contribution in [0.4, 0.5) is 10.5 Å². The number of urea groups is 1. The molecule has 0 atom stereocenters. The number of aliphatic carboxylic acids is 1. The van der Waals surface area contributed by atoms with E-state index in [1.165, 1.54) is 0 Å². The normalized spacial score (nSPS) is 16.5. The Balaban J connectivity index is 2.14. The molecule has 1 saturated carbocycles. The molecule has 1 aliphatic rings. The van der Waals surface area contributed by atoms with Gasteiger partial charge in [0, 0.05) is 8.95 Å². The fourth-order valence-electron chi connectivity index (χ4n) is 2.55. The van der Waals surface area contributed by atoms with Crippen molar-refractivity contribution in [3.05, 3.63) is 26.6 Å². The molecule has 5 nitrogen and oxygen atoms in total. The Morgan fingerprint density at radius 3 is 2.19 bits per heavy atom. The maximum Gasteiger partial charge on any atom is 0.329 e. The zero-order valence-electron chi connectivity index (χ0n) is 11.5. The number of halogens is 2. The van der Waals surface area contributed by atoms with E-state index < -0.39 is 17.5 Å². The van der Waals surface area contributed by atoms with Gasteiger partial charge in [0.15, 0.2) is 0 Å². The van der Waals surface area contributed by atoms with E-state index in [0.29, 0.717) is 18.5 Å². The number of carboxylic acids is 1. The number of rotatable bonds is 3. The number of benzene rings is 1. The maximum absolute atomic E-state index is 12.1. The first-order valence-corrected chi connectivity index (χ1v) is 8.21. The summed E-state index contributed by atoms with van der Waals surface area (Å²) in [6, 6.07) is 3.25. The van der Waals surface area contributed by atoms with E-state index in [1.807, 2.05) is 19.1 Å². The highest BCUT2D eigenvalue weighted by atomic mass is 79.9. The molecule has 0 aliphatic heterocycles. The molecule has 0 bridgehead atoms. The molecule has 0 unspecified atom stereocenters. The predicted octanol–water partition coefficient (Wildman–Crippen LogP) is 4.04. The summed E-state index contributed by atoms with van der Waals surface area (Å²) in [4.78, 5) is 23.6. The first kappa shape index (κ1) is 16.3. The number of hydrogen-bond acceptors (Lipinski definition) is 2. The largest absolute Gasteiger partial charge is 0.480 e. The summed E-state index contributed by atoms with van der Waals surface area (Å²) < 4.78 is 1.47. The summed E-state index contributed by atoms with van der Waals surface area (Å²) in [5.41, 5.74) is 0.474. The zero-order chi connectivity index (χ0) is 15.6. The third-order valence-electron chi connectivity index (χ3n) is 3.64. The van der Waals surface area contributed by atoms with Crippen molar-refractivity contribution in [2.75, 3.05) is 5.32 Å². The van der Waals surface area contributed by atoms with Crippen molar-refractivity contribution in [1.29, 1.82) is 0 Å². The highest BCUT2D eigenvalue weighted by Crippen LogP contribution is 2.33. The molecule has 2 rings (SSSR count). The molecular weight excluding hydrogens is 404 g/mol. The fourth-order valence-corrected chi connectivity index (χ4v) is 4.17. The lowest BCUT2D eigenvalue weighted by molar-refractivity contribution is -0.144. The van der Waals surface area contributed by atoms with Crippen molar-refractivity contribution in [2.45, 2.75) is 38.1 Å². The fraction of sp³-hybridized carbons (Fsp3) is 0.429. The number of anilines is 1. The van der Waals surface area contributed by atoms with E-state index in [0.717, 1.165) is 27.4 Å². The number of carbonyl (C=O) groups excluding carboxylic acids is 1. The quantitative estimate of drug-likeness (QED) is 0.691. The summed E-state index contributed by atoms with van der Waals surface area (Å²) in [6.45, 7) is 1.94. The molecule has 0 heterocycles. The number of aryl methyl sites for hydroxylation is 1. The average Bonchev–Trinajstić information content (AvgIpc) is 2.83. The number of amides is 2. The van der Waals surface area contributed by atoms with Crippen LogP contribution in [-0.4, -0.2) is 22.6 Å². The second-order valence-electron chi connectivity index (χ2n) is 5.28. The van der Waals surface area contributed by atoms with Gasteiger partial charge in [-0.05, 0) is 69.3 Å². The van der Waals surface area contributed by atoms with Gasteiger partial charge in [0.2, 0.25) is 0 Å². The maximum atomic E-state index is 12.1. The van der Waals surface area contributed by atoms with Gasteiger partial charge >= 0.3 is 12.0 Å². The summed E-state index contributed by atoms with van der Waals surface area (Å²) in [5, 5.41) is 14.7. The standard InChI is InChI=1S/C14H16Br2N2O3/c1-8-6-9(15)11(10(16)7-8)17-13(21)18-14(12(19)20)4-2-3-5-14/h6-7H,2-5H2,1H3,(H,19,20)(H2,17,18,21). The topological polar surface area (TPSA) is 78.4 Å². The molecule has 7 heteroatoms. The Hall–Kier alpha value is -1.08. The molecule has 2 amide bonds. The average molecular weight is 420 g/mol. The molecule has 1 aliphatic carbocycles. The SMILES string of the molecule is Cc1cc(Br)c(NC(=O)NC2(C(=O)O)CCCC2)c(Br)c1. The zero-order valence-corrected chi connectivity index (χ0v) is 14.7. The number of carboxylic acid groups (broad SMARTS) is 1. The monoisotopic (exact) mass is 418 g/mol. The molecule has 1 aromatic carbocycles. The molecule has 1 aromatic rings. The Morgan fingerprint density at radius 2 is 1.71 bits per heavy atom. The highest BCUT2D eigenvalue weighted by Gasteiger charge is 2.42. The first-order chi connectivity index (χ1) is 9.84. The number of carbonyl (C=O) groups is 2. The third-order valence-corrected chi connectivity index (χ3v) is 4.90. The van der Waals surface area contributed by atoms with Gasteiger partial charge in [-0.15, -0.1) is 0 Å². The van der Waals surface area contributed by atoms with E-state index in [-0.39, 0.29) is 0 Å². The van der Waals surface area contributed by atoms with E-state index in [1.54, 1.807) is 0 Å². The van der Waals surface area contributed by atoms with Crippen LogP contribution in [0.2, 0.25) is 0 Å². The van der Waals surface area contributed by atoms with Crippen LogP contribution in [0.5, 0.6) is 0 Å². The van der Waals surface area contributed by atoms with Crippen molar-refractivity contribution in [3.63, 3.8) is 0 Å². The minimum absolute atomic E-state index is 0.464. The third kappa shape index (κ3) is 3.58. The van der Waals surface area contributed by atoms with Crippen molar-refractivity contribution in [2.24, 2.45) is 0 Å². The Morgan fingerprint density at radius 1 is 1.19 bits per heavy atom. The minimum atomic E-state index is -1.15. The molecule has 0 aromatic heterocycles. The molecule has 21 heavy (non-hydrogen) atoms. The Labute approximate surface area is 139 Å². The van der Waals surface area contributed by atoms with Crippen LogP contribution in [0.1, 0.15) is 31.2 Å². The van der Waals surface area contributed by atoms with Crippen LogP contribution < -0.4 is 10.6 Å². The summed E-state index contributed by atoms with van der Waals surface area (Å²) >= 11 is 6.79. The van der Waals surface area contributed by atoms with Gasteiger partial charge in [-0.3, -0.25) is 0 Å². The van der Waals surface area contributed by atoms with E-state index in [2.05, 4.69) is 42.5 Å². The predicted molar refractivity (Wildman–Crippen MR) is 87.6 cm³/mol. The van der Waals surface area contributed by atoms with Crippen LogP contribution in [0.25, 0.3) is 0 Å². The second kappa shape index (κ2) is 6.36. The van der Waals surface area contributed by atoms with Crippen molar-refractivity contribution in [1.82, 2.24) is 5.32 Å². The minimum Gasteiger partial charge on any atom is -0.480 e. The van der Waals surface area contributed by atoms with Crippen molar-refractivity contribution in [3.8, 4) is 0 Å². The molecule has 1 fully saturated rings. The number of hydrogen-bond donors (Lipinski definition) is 3. The first-order valence-electron chi connectivity index (χ1n) is 6.62. The van der Waals surface area contributed by atoms with Gasteiger partial charge in [0.25, 0.3) is 0 Å². The smallest absolute Gasteiger partial charge is 0.329 e. The molecule has 0 spiro atoms. The van der Waals surface area contributed by atoms with Crippen molar-refractivity contribution < 1.29 is 14.7 Å². The second-order valence-corrected chi connectivity index (χ2v) is 6.99. The lowest BCUT2D eigenvalue weighted by Crippen LogP contribution is -2.53. The summed E-state index contributed by atoms with van der Waals surface area (Å²) in [7, 11) is 0. The summed E-state index contributed by atoms with van der Waals surface area (Å²) in [6.07, 6.45) is 2.55. The van der Waals surface area contributed by atoms with Gasteiger partial charge in [-0.25, -0.2) is 9.59 Å². The van der Waals surface area contributed by atoms with E-state index in [4.69, 9.17) is 0 Å². The van der Waals surface area contributed by atoms with E-state index >= 15 is 0 Å². The van der Waals surface area contributed by atoms with Crippen molar-refractivity contribution >= 4 is 49.5 Å². The van der Waals surface area contributed by atoms with Crippen LogP contribution in [0.15, 0.2) is 21.1 Å². The van der Waals surface area contributed by atoms with Gasteiger partial charge in [0.05, 0.1) is 5.69 Å². The van der Waals surface area contributed by atoms with E-state index in [9.17, 15) is 14.7 Å². The van der Waals surface area contributed by atoms with Crippen LogP contribution >= 0.6 is 31.9 Å². The molecular formula is C14H16Br2N2O3. The van der Waals surface area contributed by atoms with Gasteiger partial charge in [0.1, 0.15) is 5.54 Å². The number of nitrogens with one attached hydrogen (secondary N) is 2. The van der Waals surface area contributed by atoms with Crippen LogP contribution in [0, 0.1) is 6.92 Å². The highest BCUT2D eigenvalue weighted by molar-refractivity contribution is 9.11. The lowest BCUT2D eigenvalue weighted by Gasteiger charge is -2.25. The van der Waals surface area contributed by atoms with Crippen LogP contribution in [-0.2, 0) is 4.79 Å². The van der Waals surface area contributed by atoms with Crippen LogP contribution in [0.3, 0.4) is 0 Å². The molecule has 114 valence electrons. The van der Waals surface area contributed by atoms with Gasteiger partial charge in [-0.1, -0.05) is 12.8 Å². The molecule has 0 saturated heterocycles. The Kier molecular flexibility index (Phi) is 4.93. The van der Waals surface area contributed by atoms with Gasteiger partial charge < -0.3 is 15.7 Å². The lowest BCUT2D eigenvalue weighted by atomic mass is 9.98. The molecule has 3 N–H and O–H groups in total. The molecule has 0 radical (unpaired) electrons. The Bertz CT molecular complexity index is 561. The van der Waals surface area contributed by atoms with Gasteiger partial charge in [-0.2, -0.15) is 0 Å². The summed E-state index contributed by atoms with van der Waals surface area (Å²) in [5.74, 6) is -0.975.